The minimum absolute atomic E-state index is 0.260. The molecule has 3 N–H and O–H groups in total. The first-order chi connectivity index (χ1) is 9.47. The number of nitrogens with one attached hydrogen (secondary N) is 1. The zero-order valence-corrected chi connectivity index (χ0v) is 11.7. The van der Waals surface area contributed by atoms with E-state index in [1.165, 1.54) is 24.3 Å². The third-order valence-corrected chi connectivity index (χ3v) is 3.15. The molecule has 4 nitrogen and oxygen atoms in total. The van der Waals surface area contributed by atoms with Gasteiger partial charge in [0.1, 0.15) is 0 Å². The Labute approximate surface area is 125 Å². The lowest BCUT2D eigenvalue weighted by molar-refractivity contribution is 0.0996. The Morgan fingerprint density at radius 2 is 1.75 bits per heavy atom. The summed E-state index contributed by atoms with van der Waals surface area (Å²) in [6.45, 7) is 0. The van der Waals surface area contributed by atoms with Crippen LogP contribution in [0.4, 0.5) is 5.69 Å². The van der Waals surface area contributed by atoms with Crippen molar-refractivity contribution in [3.8, 4) is 0 Å². The molecule has 0 heterocycles. The molecule has 2 rings (SSSR count). The van der Waals surface area contributed by atoms with Gasteiger partial charge in [-0.15, -0.1) is 0 Å². The van der Waals surface area contributed by atoms with Crippen molar-refractivity contribution >= 4 is 40.7 Å². The summed E-state index contributed by atoms with van der Waals surface area (Å²) in [5, 5.41) is 3.38. The van der Waals surface area contributed by atoms with E-state index in [1.54, 1.807) is 18.2 Å². The van der Waals surface area contributed by atoms with Crippen molar-refractivity contribution in [2.75, 3.05) is 5.32 Å². The average molecular weight is 309 g/mol. The number of nitrogens with two attached hydrogens (primary N) is 1. The fraction of sp³-hybridized carbons (Fsp3) is 0. The first-order valence-electron chi connectivity index (χ1n) is 5.63. The van der Waals surface area contributed by atoms with Crippen LogP contribution in [0, 0.1) is 0 Å². The minimum atomic E-state index is -0.597. The Morgan fingerprint density at radius 1 is 1.00 bits per heavy atom. The predicted molar refractivity (Wildman–Crippen MR) is 79.4 cm³/mol. The molecule has 0 spiro atoms. The number of amides is 2. The summed E-state index contributed by atoms with van der Waals surface area (Å²) in [7, 11) is 0. The second kappa shape index (κ2) is 5.94. The number of carbonyl (C=O) groups excluding carboxylic acids is 2. The highest BCUT2D eigenvalue weighted by atomic mass is 35.5. The van der Waals surface area contributed by atoms with E-state index in [0.717, 1.165) is 0 Å². The largest absolute Gasteiger partial charge is 0.366 e. The summed E-state index contributed by atoms with van der Waals surface area (Å²) in [6.07, 6.45) is 0. The van der Waals surface area contributed by atoms with Crippen LogP contribution in [0.1, 0.15) is 20.7 Å². The number of halogens is 2. The van der Waals surface area contributed by atoms with Crippen molar-refractivity contribution in [2.45, 2.75) is 0 Å². The topological polar surface area (TPSA) is 72.2 Å². The highest BCUT2D eigenvalue weighted by molar-refractivity contribution is 6.34. The monoisotopic (exact) mass is 308 g/mol. The van der Waals surface area contributed by atoms with Gasteiger partial charge in [0.25, 0.3) is 5.91 Å². The van der Waals surface area contributed by atoms with Gasteiger partial charge in [-0.1, -0.05) is 29.3 Å². The molecule has 0 atom stereocenters. The van der Waals surface area contributed by atoms with Crippen molar-refractivity contribution in [1.82, 2.24) is 0 Å². The SMILES string of the molecule is NC(=O)c1ccc(Cl)c(NC(=O)c2cccc(Cl)c2)c1. The van der Waals surface area contributed by atoms with E-state index in [-0.39, 0.29) is 11.5 Å². The molecule has 0 unspecified atom stereocenters. The number of hydrogen-bond donors (Lipinski definition) is 2. The molecule has 0 aliphatic carbocycles. The number of rotatable bonds is 3. The maximum Gasteiger partial charge on any atom is 0.255 e. The lowest BCUT2D eigenvalue weighted by atomic mass is 10.1. The van der Waals surface area contributed by atoms with Crippen molar-refractivity contribution < 1.29 is 9.59 Å². The van der Waals surface area contributed by atoms with E-state index in [9.17, 15) is 9.59 Å². The van der Waals surface area contributed by atoms with E-state index < -0.39 is 5.91 Å². The Bertz CT molecular complexity index is 687. The number of benzene rings is 2. The number of carbonyl (C=O) groups is 2. The molecule has 102 valence electrons. The van der Waals surface area contributed by atoms with E-state index in [4.69, 9.17) is 28.9 Å². The van der Waals surface area contributed by atoms with E-state index in [0.29, 0.717) is 21.3 Å². The lowest BCUT2D eigenvalue weighted by Crippen LogP contribution is -2.14. The lowest BCUT2D eigenvalue weighted by Gasteiger charge is -2.08. The van der Waals surface area contributed by atoms with Gasteiger partial charge in [0, 0.05) is 16.1 Å². The number of anilines is 1. The molecule has 2 aromatic rings. The van der Waals surface area contributed by atoms with Crippen LogP contribution in [-0.4, -0.2) is 11.8 Å². The normalized spacial score (nSPS) is 10.1. The summed E-state index contributed by atoms with van der Waals surface area (Å²) < 4.78 is 0. The van der Waals surface area contributed by atoms with E-state index in [1.807, 2.05) is 0 Å². The second-order valence-corrected chi connectivity index (χ2v) is 4.87. The summed E-state index contributed by atoms with van der Waals surface area (Å²) in [6, 6.07) is 10.9. The highest BCUT2D eigenvalue weighted by Gasteiger charge is 2.11. The second-order valence-electron chi connectivity index (χ2n) is 4.02. The molecule has 0 aromatic heterocycles. The van der Waals surface area contributed by atoms with Gasteiger partial charge in [-0.3, -0.25) is 9.59 Å². The van der Waals surface area contributed by atoms with Crippen LogP contribution >= 0.6 is 23.2 Å². The molecular formula is C14H10Cl2N2O2. The highest BCUT2D eigenvalue weighted by Crippen LogP contribution is 2.24. The Kier molecular flexibility index (Phi) is 4.27. The molecule has 0 aliphatic heterocycles. The van der Waals surface area contributed by atoms with Gasteiger partial charge in [0.2, 0.25) is 5.91 Å². The van der Waals surface area contributed by atoms with E-state index >= 15 is 0 Å². The molecule has 20 heavy (non-hydrogen) atoms. The first kappa shape index (κ1) is 14.4. The standard InChI is InChI=1S/C14H10Cl2N2O2/c15-10-3-1-2-9(6-10)14(20)18-12-7-8(13(17)19)4-5-11(12)16/h1-7H,(H2,17,19)(H,18,20). The smallest absolute Gasteiger partial charge is 0.255 e. The first-order valence-corrected chi connectivity index (χ1v) is 6.39. The van der Waals surface area contributed by atoms with Gasteiger partial charge in [0.05, 0.1) is 10.7 Å². The quantitative estimate of drug-likeness (QED) is 0.912. The third-order valence-electron chi connectivity index (χ3n) is 2.59. The zero-order valence-electron chi connectivity index (χ0n) is 10.2. The summed E-state index contributed by atoms with van der Waals surface area (Å²) in [5.74, 6) is -0.976. The van der Waals surface area contributed by atoms with E-state index in [2.05, 4.69) is 5.32 Å². The molecular weight excluding hydrogens is 299 g/mol. The maximum atomic E-state index is 12.1. The van der Waals surface area contributed by atoms with Crippen LogP contribution < -0.4 is 11.1 Å². The van der Waals surface area contributed by atoms with Gasteiger partial charge in [-0.05, 0) is 36.4 Å². The molecule has 0 saturated carbocycles. The summed E-state index contributed by atoms with van der Waals surface area (Å²) >= 11 is 11.8. The molecule has 0 aliphatic rings. The minimum Gasteiger partial charge on any atom is -0.366 e. The van der Waals surface area contributed by atoms with Gasteiger partial charge in [0.15, 0.2) is 0 Å². The number of hydrogen-bond acceptors (Lipinski definition) is 2. The van der Waals surface area contributed by atoms with Crippen LogP contribution in [-0.2, 0) is 0 Å². The van der Waals surface area contributed by atoms with Crippen LogP contribution in [0.2, 0.25) is 10.0 Å². The predicted octanol–water partition coefficient (Wildman–Crippen LogP) is 3.34. The Morgan fingerprint density at radius 3 is 2.40 bits per heavy atom. The summed E-state index contributed by atoms with van der Waals surface area (Å²) in [4.78, 5) is 23.2. The molecule has 2 amide bonds. The zero-order chi connectivity index (χ0) is 14.7. The van der Waals surface area contributed by atoms with Crippen molar-refractivity contribution in [3.05, 3.63) is 63.6 Å². The van der Waals surface area contributed by atoms with Gasteiger partial charge in [-0.2, -0.15) is 0 Å². The molecule has 0 saturated heterocycles. The Balaban J connectivity index is 2.27. The molecule has 0 radical (unpaired) electrons. The van der Waals surface area contributed by atoms with Crippen LogP contribution in [0.5, 0.6) is 0 Å². The van der Waals surface area contributed by atoms with Crippen LogP contribution in [0.15, 0.2) is 42.5 Å². The fourth-order valence-corrected chi connectivity index (χ4v) is 1.95. The fourth-order valence-electron chi connectivity index (χ4n) is 1.60. The molecule has 2 aromatic carbocycles. The van der Waals surface area contributed by atoms with Crippen molar-refractivity contribution in [2.24, 2.45) is 5.73 Å². The molecule has 0 fully saturated rings. The number of primary amides is 1. The molecule has 6 heteroatoms. The van der Waals surface area contributed by atoms with Gasteiger partial charge >= 0.3 is 0 Å². The maximum absolute atomic E-state index is 12.1. The van der Waals surface area contributed by atoms with Crippen LogP contribution in [0.3, 0.4) is 0 Å². The third kappa shape index (κ3) is 3.29. The Hall–Kier alpha value is -2.04. The van der Waals surface area contributed by atoms with Gasteiger partial charge in [-0.25, -0.2) is 0 Å². The average Bonchev–Trinajstić information content (AvgIpc) is 2.41. The van der Waals surface area contributed by atoms with Crippen molar-refractivity contribution in [3.63, 3.8) is 0 Å². The van der Waals surface area contributed by atoms with Gasteiger partial charge < -0.3 is 11.1 Å². The molecule has 0 bridgehead atoms. The van der Waals surface area contributed by atoms with Crippen molar-refractivity contribution in [1.29, 1.82) is 0 Å². The summed E-state index contributed by atoms with van der Waals surface area (Å²) in [5.41, 5.74) is 6.14. The van der Waals surface area contributed by atoms with Crippen LogP contribution in [0.25, 0.3) is 0 Å².